The van der Waals surface area contributed by atoms with Crippen molar-refractivity contribution in [3.05, 3.63) is 94.3 Å². The van der Waals surface area contributed by atoms with Gasteiger partial charge in [0.2, 0.25) is 12.1 Å². The Kier molecular flexibility index (Phi) is 3.36. The number of allylic oxidation sites excluding steroid dienone is 4. The molecule has 1 spiro atoms. The lowest BCUT2D eigenvalue weighted by molar-refractivity contribution is -0.529. The van der Waals surface area contributed by atoms with Crippen LogP contribution in [0.4, 0.5) is 0 Å². The first-order valence-corrected chi connectivity index (χ1v) is 11.5. The van der Waals surface area contributed by atoms with Crippen LogP contribution >= 0.6 is 0 Å². The minimum atomic E-state index is -1.13. The smallest absolute Gasteiger partial charge is 0.242 e. The molecule has 3 heteroatoms. The van der Waals surface area contributed by atoms with Crippen molar-refractivity contribution in [1.29, 1.82) is 0 Å². The molecule has 1 aliphatic carbocycles. The van der Waals surface area contributed by atoms with Crippen molar-refractivity contribution in [3.63, 3.8) is 0 Å². The average molecular weight is 406 g/mol. The number of hydrogen-bond donors (Lipinski definition) is 0. The second-order valence-corrected chi connectivity index (χ2v) is 10.6. The molecule has 3 heterocycles. The highest BCUT2D eigenvalue weighted by Gasteiger charge is 2.85. The van der Waals surface area contributed by atoms with Crippen LogP contribution in [0.2, 0.25) is 5.31 Å². The third-order valence-electron chi connectivity index (χ3n) is 9.05. The van der Waals surface area contributed by atoms with Crippen molar-refractivity contribution in [2.45, 2.75) is 52.2 Å². The van der Waals surface area contributed by atoms with Gasteiger partial charge < -0.3 is 4.48 Å². The van der Waals surface area contributed by atoms with Crippen molar-refractivity contribution in [2.75, 3.05) is 0 Å². The number of nitrogens with zero attached hydrogens (tertiary/aromatic N) is 2. The van der Waals surface area contributed by atoms with Gasteiger partial charge in [-0.15, -0.1) is 11.4 Å². The minimum absolute atomic E-state index is 0.0209. The zero-order valence-electron chi connectivity index (χ0n) is 19.7. The number of benzene rings is 2. The highest BCUT2D eigenvalue weighted by atomic mass is 15.2. The molecule has 6 rings (SSSR count). The highest BCUT2D eigenvalue weighted by molar-refractivity contribution is 7.02. The monoisotopic (exact) mass is 406 g/mol. The molecule has 1 saturated heterocycles. The molecule has 1 unspecified atom stereocenters. The molecule has 3 aromatic rings. The highest BCUT2D eigenvalue weighted by Crippen LogP contribution is 2.81. The van der Waals surface area contributed by atoms with E-state index in [4.69, 9.17) is 0 Å². The maximum Gasteiger partial charge on any atom is 0.242 e. The van der Waals surface area contributed by atoms with E-state index in [9.17, 15) is 0 Å². The van der Waals surface area contributed by atoms with E-state index in [2.05, 4.69) is 119 Å². The lowest BCUT2D eigenvalue weighted by Crippen LogP contribution is -2.70. The van der Waals surface area contributed by atoms with Crippen molar-refractivity contribution in [3.8, 4) is 11.4 Å². The van der Waals surface area contributed by atoms with Gasteiger partial charge >= 0.3 is 0 Å². The number of imidazole rings is 1. The molecule has 0 bridgehead atoms. The Balaban J connectivity index is 1.87. The first-order chi connectivity index (χ1) is 14.7. The van der Waals surface area contributed by atoms with Gasteiger partial charge in [-0.05, 0) is 40.7 Å². The Morgan fingerprint density at radius 3 is 2.35 bits per heavy atom. The Morgan fingerprint density at radius 1 is 0.968 bits per heavy atom. The van der Waals surface area contributed by atoms with Crippen molar-refractivity contribution >= 4 is 11.7 Å². The summed E-state index contributed by atoms with van der Waals surface area (Å²) in [6, 6.07) is 13.9. The predicted molar refractivity (Wildman–Crippen MR) is 130 cm³/mol. The Hall–Kier alpha value is -2.81. The molecule has 1 fully saturated rings. The first kappa shape index (κ1) is 18.9. The third-order valence-corrected chi connectivity index (χ3v) is 9.05. The van der Waals surface area contributed by atoms with E-state index >= 15 is 0 Å². The molecule has 0 N–H and O–H groups in total. The zero-order valence-corrected chi connectivity index (χ0v) is 19.7. The molecule has 3 aliphatic rings. The number of rotatable bonds is 1. The fraction of sp³-hybridized carbons (Fsp3) is 0.321. The van der Waals surface area contributed by atoms with E-state index in [1.54, 1.807) is 5.46 Å². The second kappa shape index (κ2) is 5.51. The van der Waals surface area contributed by atoms with E-state index in [0.29, 0.717) is 0 Å². The van der Waals surface area contributed by atoms with Crippen LogP contribution in [0.5, 0.6) is 0 Å². The van der Waals surface area contributed by atoms with Crippen molar-refractivity contribution < 1.29 is 4.48 Å². The largest absolute Gasteiger partial charge is 0.422 e. The SMILES string of the molecule is CC1=C[C@@]2(C)[B-]3(c4c(C)cc(C)cc4C)[n+]4ccn(C)c4-c4ccccc4[C@@]32C(C)=C1. The third kappa shape index (κ3) is 1.75. The first-order valence-electron chi connectivity index (χ1n) is 11.5. The van der Waals surface area contributed by atoms with Gasteiger partial charge in [-0.2, -0.15) is 5.46 Å². The molecular formula is C28H31BN2. The maximum absolute atomic E-state index is 2.68. The summed E-state index contributed by atoms with van der Waals surface area (Å²) in [4.78, 5) is 0. The van der Waals surface area contributed by atoms with Crippen LogP contribution in [0.1, 0.15) is 43.0 Å². The van der Waals surface area contributed by atoms with Crippen LogP contribution in [0, 0.1) is 20.8 Å². The molecule has 1 aromatic heterocycles. The Bertz CT molecular complexity index is 1350. The van der Waals surface area contributed by atoms with E-state index < -0.39 is 6.28 Å². The summed E-state index contributed by atoms with van der Waals surface area (Å²) in [5, 5.41) is 0.000962. The molecule has 0 saturated carbocycles. The van der Waals surface area contributed by atoms with Crippen molar-refractivity contribution in [1.82, 2.24) is 4.57 Å². The van der Waals surface area contributed by atoms with Crippen LogP contribution < -0.4 is 9.94 Å². The van der Waals surface area contributed by atoms with Crippen LogP contribution in [0.25, 0.3) is 11.4 Å². The summed E-state index contributed by atoms with van der Waals surface area (Å²) in [6.07, 6.45) is 8.49. The molecule has 2 aromatic carbocycles. The van der Waals surface area contributed by atoms with Crippen LogP contribution in [-0.4, -0.2) is 10.8 Å². The standard InChI is InChI=1S/C28H31BN2/c1-18-14-20(3)25(21(4)15-18)29-27(6)17-19(2)16-22(5)28(27,29)24-11-9-8-10-23(24)26-30(7)12-13-31(26)29/h8-17H,1-7H3/t27-,28-,29?/m1/s1. The van der Waals surface area contributed by atoms with Crippen LogP contribution in [-0.2, 0) is 12.4 Å². The summed E-state index contributed by atoms with van der Waals surface area (Å²) in [7, 11) is 2.19. The molecular weight excluding hydrogens is 375 g/mol. The number of hydrogen-bond acceptors (Lipinski definition) is 0. The fourth-order valence-corrected chi connectivity index (χ4v) is 8.69. The second-order valence-electron chi connectivity index (χ2n) is 10.6. The summed E-state index contributed by atoms with van der Waals surface area (Å²) >= 11 is 0. The molecule has 2 nitrogen and oxygen atoms in total. The Morgan fingerprint density at radius 2 is 1.65 bits per heavy atom. The Labute approximate surface area is 185 Å². The fourth-order valence-electron chi connectivity index (χ4n) is 8.69. The van der Waals surface area contributed by atoms with Gasteiger partial charge in [-0.1, -0.05) is 82.0 Å². The summed E-state index contributed by atoms with van der Waals surface area (Å²) in [5.74, 6) is 1.33. The molecule has 0 radical (unpaired) electrons. The predicted octanol–water partition coefficient (Wildman–Crippen LogP) is 5.08. The quantitative estimate of drug-likeness (QED) is 0.499. The van der Waals surface area contributed by atoms with Crippen molar-refractivity contribution in [2.24, 2.45) is 7.05 Å². The number of aromatic nitrogens is 2. The van der Waals surface area contributed by atoms with Gasteiger partial charge in [0.15, 0.2) is 0 Å². The zero-order chi connectivity index (χ0) is 21.9. The van der Waals surface area contributed by atoms with Crippen LogP contribution in [0.15, 0.2) is 72.1 Å². The van der Waals surface area contributed by atoms with E-state index in [1.165, 1.54) is 44.8 Å². The summed E-state index contributed by atoms with van der Waals surface area (Å²) in [6.45, 7) is 14.0. The van der Waals surface area contributed by atoms with Gasteiger partial charge in [0.1, 0.15) is 6.20 Å². The van der Waals surface area contributed by atoms with Crippen LogP contribution in [0.3, 0.4) is 0 Å². The van der Waals surface area contributed by atoms with E-state index in [1.807, 2.05) is 0 Å². The van der Waals surface area contributed by atoms with Gasteiger partial charge in [0, 0.05) is 0 Å². The normalized spacial score (nSPS) is 29.9. The number of fused-ring (bicyclic) bond motifs is 5. The van der Waals surface area contributed by atoms with Gasteiger partial charge in [-0.25, -0.2) is 4.57 Å². The topological polar surface area (TPSA) is 8.81 Å². The lowest BCUT2D eigenvalue weighted by Gasteiger charge is -2.40. The van der Waals surface area contributed by atoms with Gasteiger partial charge in [0.05, 0.1) is 18.8 Å². The molecule has 3 atom stereocenters. The van der Waals surface area contributed by atoms with E-state index in [0.717, 1.165) is 0 Å². The van der Waals surface area contributed by atoms with Gasteiger partial charge in [0.25, 0.3) is 0 Å². The number of aryl methyl sites for hydroxylation is 4. The molecule has 31 heavy (non-hydrogen) atoms. The lowest BCUT2D eigenvalue weighted by atomic mass is 9.34. The molecule has 156 valence electrons. The van der Waals surface area contributed by atoms with Gasteiger partial charge in [-0.3, -0.25) is 0 Å². The summed E-state index contributed by atoms with van der Waals surface area (Å²) in [5.41, 5.74) is 11.5. The maximum atomic E-state index is 2.68. The minimum Gasteiger partial charge on any atom is -0.422 e. The van der Waals surface area contributed by atoms with E-state index in [-0.39, 0.29) is 10.6 Å². The summed E-state index contributed by atoms with van der Waals surface area (Å²) < 4.78 is 5.00. The molecule has 0 amide bonds. The molecule has 2 aliphatic heterocycles. The average Bonchev–Trinajstić information content (AvgIpc) is 2.95.